The molecule has 0 atom stereocenters. The first-order valence-corrected chi connectivity index (χ1v) is 5.45. The van der Waals surface area contributed by atoms with Crippen LogP contribution in [0.5, 0.6) is 11.5 Å². The Balaban J connectivity index is 1.76. The van der Waals surface area contributed by atoms with Crippen LogP contribution < -0.4 is 14.8 Å². The maximum absolute atomic E-state index is 5.44. The molecule has 4 nitrogen and oxygen atoms in total. The zero-order valence-corrected chi connectivity index (χ0v) is 9.22. The van der Waals surface area contributed by atoms with Gasteiger partial charge in [0.25, 0.3) is 0 Å². The summed E-state index contributed by atoms with van der Waals surface area (Å²) in [6, 6.07) is 9.78. The van der Waals surface area contributed by atoms with E-state index in [1.165, 1.54) is 0 Å². The van der Waals surface area contributed by atoms with Crippen LogP contribution in [0.1, 0.15) is 5.56 Å². The maximum Gasteiger partial charge on any atom is 0.231 e. The Morgan fingerprint density at radius 2 is 2.18 bits per heavy atom. The van der Waals surface area contributed by atoms with Gasteiger partial charge in [-0.25, -0.2) is 0 Å². The summed E-state index contributed by atoms with van der Waals surface area (Å²) in [5, 5.41) is 3.29. The first-order valence-electron chi connectivity index (χ1n) is 5.45. The minimum absolute atomic E-state index is 0.305. The summed E-state index contributed by atoms with van der Waals surface area (Å²) in [6.07, 6.45) is 3.54. The van der Waals surface area contributed by atoms with E-state index >= 15 is 0 Å². The largest absolute Gasteiger partial charge is 0.454 e. The van der Waals surface area contributed by atoms with Crippen molar-refractivity contribution in [2.45, 2.75) is 6.54 Å². The highest BCUT2D eigenvalue weighted by molar-refractivity contribution is 5.50. The summed E-state index contributed by atoms with van der Waals surface area (Å²) < 4.78 is 10.8. The summed E-state index contributed by atoms with van der Waals surface area (Å²) in [7, 11) is 0. The molecular formula is C13H12N2O2. The van der Waals surface area contributed by atoms with Crippen molar-refractivity contribution >= 4 is 5.69 Å². The van der Waals surface area contributed by atoms with Crippen molar-refractivity contribution < 1.29 is 9.47 Å². The van der Waals surface area contributed by atoms with Crippen LogP contribution in [0.4, 0.5) is 5.69 Å². The molecule has 1 aromatic carbocycles. The highest BCUT2D eigenvalue weighted by atomic mass is 16.7. The Morgan fingerprint density at radius 3 is 3.06 bits per heavy atom. The van der Waals surface area contributed by atoms with Gasteiger partial charge in [0, 0.05) is 24.5 Å². The van der Waals surface area contributed by atoms with Gasteiger partial charge in [-0.1, -0.05) is 12.1 Å². The van der Waals surface area contributed by atoms with Crippen LogP contribution in [0, 0.1) is 0 Å². The number of ether oxygens (including phenoxy) is 2. The maximum atomic E-state index is 5.44. The minimum Gasteiger partial charge on any atom is -0.454 e. The summed E-state index contributed by atoms with van der Waals surface area (Å²) in [5.41, 5.74) is 2.08. The Bertz CT molecular complexity index is 514. The molecule has 0 saturated carbocycles. The van der Waals surface area contributed by atoms with Crippen molar-refractivity contribution in [3.8, 4) is 11.5 Å². The fourth-order valence-corrected chi connectivity index (χ4v) is 1.79. The predicted molar refractivity (Wildman–Crippen MR) is 64.1 cm³/mol. The highest BCUT2D eigenvalue weighted by Crippen LogP contribution is 2.35. The summed E-state index contributed by atoms with van der Waals surface area (Å²) >= 11 is 0. The average molecular weight is 228 g/mol. The molecule has 0 radical (unpaired) electrons. The lowest BCUT2D eigenvalue weighted by Gasteiger charge is -2.08. The zero-order valence-electron chi connectivity index (χ0n) is 9.22. The van der Waals surface area contributed by atoms with Gasteiger partial charge in [0.05, 0.1) is 5.69 Å². The number of hydrogen-bond donors (Lipinski definition) is 1. The van der Waals surface area contributed by atoms with E-state index in [9.17, 15) is 0 Å². The molecule has 0 unspecified atom stereocenters. The van der Waals surface area contributed by atoms with E-state index in [0.717, 1.165) is 22.7 Å². The molecule has 1 aliphatic rings. The van der Waals surface area contributed by atoms with Crippen LogP contribution in [0.15, 0.2) is 42.7 Å². The van der Waals surface area contributed by atoms with E-state index in [2.05, 4.69) is 10.3 Å². The number of pyridine rings is 1. The van der Waals surface area contributed by atoms with Gasteiger partial charge in [-0.15, -0.1) is 0 Å². The van der Waals surface area contributed by atoms with Gasteiger partial charge in [0.2, 0.25) is 6.79 Å². The molecule has 1 aromatic heterocycles. The summed E-state index contributed by atoms with van der Waals surface area (Å²) in [4.78, 5) is 4.05. The molecule has 0 amide bonds. The lowest BCUT2D eigenvalue weighted by atomic mass is 10.2. The summed E-state index contributed by atoms with van der Waals surface area (Å²) in [5.74, 6) is 1.65. The third-order valence-corrected chi connectivity index (χ3v) is 2.62. The lowest BCUT2D eigenvalue weighted by molar-refractivity contribution is 0.173. The first-order chi connectivity index (χ1) is 8.43. The van der Waals surface area contributed by atoms with E-state index in [1.807, 2.05) is 30.3 Å². The van der Waals surface area contributed by atoms with E-state index in [0.29, 0.717) is 13.3 Å². The van der Waals surface area contributed by atoms with Gasteiger partial charge in [-0.3, -0.25) is 4.98 Å². The zero-order chi connectivity index (χ0) is 11.5. The third-order valence-electron chi connectivity index (χ3n) is 2.62. The second-order valence-corrected chi connectivity index (χ2v) is 3.75. The van der Waals surface area contributed by atoms with Crippen molar-refractivity contribution in [3.05, 3.63) is 48.3 Å². The predicted octanol–water partition coefficient (Wildman–Crippen LogP) is 2.42. The number of nitrogens with one attached hydrogen (secondary N) is 1. The standard InChI is InChI=1S/C13H12N2O2/c1-3-10(13-12(5-1)16-9-17-13)7-15-11-4-2-6-14-8-11/h1-6,8,15H,7,9H2. The fourth-order valence-electron chi connectivity index (χ4n) is 1.79. The Hall–Kier alpha value is -2.23. The molecule has 1 aliphatic heterocycles. The SMILES string of the molecule is c1cncc(NCc2cccc3c2OCO3)c1. The van der Waals surface area contributed by atoms with Gasteiger partial charge < -0.3 is 14.8 Å². The topological polar surface area (TPSA) is 43.4 Å². The normalized spacial score (nSPS) is 12.5. The molecular weight excluding hydrogens is 216 g/mol. The number of benzene rings is 1. The molecule has 2 heterocycles. The van der Waals surface area contributed by atoms with E-state index < -0.39 is 0 Å². The quantitative estimate of drug-likeness (QED) is 0.876. The van der Waals surface area contributed by atoms with Crippen molar-refractivity contribution in [1.29, 1.82) is 0 Å². The monoisotopic (exact) mass is 228 g/mol. The number of para-hydroxylation sites is 1. The van der Waals surface area contributed by atoms with Gasteiger partial charge in [-0.2, -0.15) is 0 Å². The number of anilines is 1. The van der Waals surface area contributed by atoms with Crippen LogP contribution in [-0.2, 0) is 6.54 Å². The smallest absolute Gasteiger partial charge is 0.231 e. The van der Waals surface area contributed by atoms with Gasteiger partial charge in [0.15, 0.2) is 11.5 Å². The van der Waals surface area contributed by atoms with Crippen molar-refractivity contribution in [2.75, 3.05) is 12.1 Å². The highest BCUT2D eigenvalue weighted by Gasteiger charge is 2.16. The first kappa shape index (κ1) is 9.96. The van der Waals surface area contributed by atoms with E-state index in [4.69, 9.17) is 9.47 Å². The molecule has 1 N–H and O–H groups in total. The molecule has 3 rings (SSSR count). The number of fused-ring (bicyclic) bond motifs is 1. The van der Waals surface area contributed by atoms with Gasteiger partial charge >= 0.3 is 0 Å². The second-order valence-electron chi connectivity index (χ2n) is 3.75. The molecule has 0 aliphatic carbocycles. The molecule has 86 valence electrons. The molecule has 0 fully saturated rings. The fraction of sp³-hybridized carbons (Fsp3) is 0.154. The molecule has 17 heavy (non-hydrogen) atoms. The molecule has 0 saturated heterocycles. The van der Waals surface area contributed by atoms with E-state index in [-0.39, 0.29) is 0 Å². The lowest BCUT2D eigenvalue weighted by Crippen LogP contribution is -2.01. The summed E-state index contributed by atoms with van der Waals surface area (Å²) in [6.45, 7) is 0.997. The molecule has 0 spiro atoms. The Morgan fingerprint density at radius 1 is 1.18 bits per heavy atom. The van der Waals surface area contributed by atoms with E-state index in [1.54, 1.807) is 12.4 Å². The average Bonchev–Trinajstić information content (AvgIpc) is 2.86. The molecule has 4 heteroatoms. The number of aromatic nitrogens is 1. The number of hydrogen-bond acceptors (Lipinski definition) is 4. The van der Waals surface area contributed by atoms with Gasteiger partial charge in [0.1, 0.15) is 0 Å². The van der Waals surface area contributed by atoms with Crippen LogP contribution in [0.3, 0.4) is 0 Å². The minimum atomic E-state index is 0.305. The van der Waals surface area contributed by atoms with Crippen molar-refractivity contribution in [1.82, 2.24) is 4.98 Å². The number of nitrogens with zero attached hydrogens (tertiary/aromatic N) is 1. The Labute approximate surface area is 99.2 Å². The Kier molecular flexibility index (Phi) is 2.54. The molecule has 2 aromatic rings. The number of rotatable bonds is 3. The van der Waals surface area contributed by atoms with Crippen LogP contribution in [0.25, 0.3) is 0 Å². The van der Waals surface area contributed by atoms with Crippen LogP contribution >= 0.6 is 0 Å². The third kappa shape index (κ3) is 2.01. The molecule has 0 bridgehead atoms. The van der Waals surface area contributed by atoms with Gasteiger partial charge in [-0.05, 0) is 18.2 Å². The van der Waals surface area contributed by atoms with Crippen molar-refractivity contribution in [3.63, 3.8) is 0 Å². The van der Waals surface area contributed by atoms with Crippen molar-refractivity contribution in [2.24, 2.45) is 0 Å². The van der Waals surface area contributed by atoms with Crippen LogP contribution in [-0.4, -0.2) is 11.8 Å². The second kappa shape index (κ2) is 4.33. The van der Waals surface area contributed by atoms with Crippen LogP contribution in [0.2, 0.25) is 0 Å².